The molecule has 210 valence electrons. The minimum absolute atomic E-state index is 0.117. The molecule has 0 aliphatic rings. The van der Waals surface area contributed by atoms with Crippen molar-refractivity contribution in [3.05, 3.63) is 112 Å². The second-order valence-electron chi connectivity index (χ2n) is 9.09. The van der Waals surface area contributed by atoms with E-state index in [2.05, 4.69) is 14.9 Å². The van der Waals surface area contributed by atoms with Crippen molar-refractivity contribution < 1.29 is 35.9 Å². The van der Waals surface area contributed by atoms with Gasteiger partial charge in [-0.2, -0.15) is 18.3 Å². The van der Waals surface area contributed by atoms with Crippen LogP contribution in [0.4, 0.5) is 32.0 Å². The Hall–Kier alpha value is -4.99. The van der Waals surface area contributed by atoms with Crippen LogP contribution in [-0.4, -0.2) is 26.5 Å². The Kier molecular flexibility index (Phi) is 8.23. The number of carbonyl (C=O) groups excluding carboxylic acids is 2. The number of ketones is 1. The van der Waals surface area contributed by atoms with Crippen LogP contribution >= 0.6 is 0 Å². The first kappa shape index (κ1) is 29.0. The van der Waals surface area contributed by atoms with Crippen molar-refractivity contribution in [3.63, 3.8) is 0 Å². The first-order valence-electron chi connectivity index (χ1n) is 11.9. The van der Waals surface area contributed by atoms with Gasteiger partial charge < -0.3 is 5.73 Å². The molecule has 7 nitrogen and oxygen atoms in total. The molecular formula is C28H19F6N5O2. The van der Waals surface area contributed by atoms with Gasteiger partial charge in [-0.15, -0.1) is 0 Å². The summed E-state index contributed by atoms with van der Waals surface area (Å²) in [6.07, 6.45) is -3.18. The van der Waals surface area contributed by atoms with Crippen LogP contribution in [0.25, 0.3) is 16.0 Å². The van der Waals surface area contributed by atoms with Gasteiger partial charge in [-0.3, -0.25) is 19.3 Å². The summed E-state index contributed by atoms with van der Waals surface area (Å²) in [5.74, 6) is -5.09. The zero-order valence-corrected chi connectivity index (χ0v) is 20.9. The molecule has 2 heterocycles. The normalized spacial score (nSPS) is 12.1. The summed E-state index contributed by atoms with van der Waals surface area (Å²) in [5.41, 5.74) is 3.76. The standard InChI is InChI=1S/C28H19F6N5O2/c1-36-24-14-39(38-26(24)28(32,33)34)13-20(40)10-17(7-15-8-18(29)12-19(30)9-15)25-21(3-2-6-37-25)16-4-5-23(31)22(11-16)27(35)41/h2-6,8-9,11-12,14,17H,7,10,13H2,(H2,35,41)/t17-/m1/s1. The van der Waals surface area contributed by atoms with E-state index in [0.717, 1.165) is 24.4 Å². The molecule has 1 atom stereocenters. The molecule has 0 bridgehead atoms. The van der Waals surface area contributed by atoms with E-state index in [1.54, 1.807) is 12.1 Å². The van der Waals surface area contributed by atoms with Crippen molar-refractivity contribution in [2.45, 2.75) is 31.5 Å². The Labute approximate surface area is 229 Å². The number of rotatable bonds is 9. The number of nitrogens with zero attached hydrogens (tertiary/aromatic N) is 4. The number of hydrogen-bond donors (Lipinski definition) is 1. The van der Waals surface area contributed by atoms with Gasteiger partial charge in [-0.05, 0) is 47.9 Å². The molecule has 41 heavy (non-hydrogen) atoms. The van der Waals surface area contributed by atoms with Gasteiger partial charge in [-0.1, -0.05) is 12.1 Å². The highest BCUT2D eigenvalue weighted by Crippen LogP contribution is 2.36. The number of pyridine rings is 1. The van der Waals surface area contributed by atoms with Crippen LogP contribution in [0.1, 0.15) is 39.6 Å². The molecule has 0 radical (unpaired) electrons. The summed E-state index contributed by atoms with van der Waals surface area (Å²) in [4.78, 5) is 32.0. The fourth-order valence-electron chi connectivity index (χ4n) is 4.44. The average molecular weight is 571 g/mol. The molecule has 0 aliphatic carbocycles. The monoisotopic (exact) mass is 571 g/mol. The molecule has 0 aliphatic heterocycles. The summed E-state index contributed by atoms with van der Waals surface area (Å²) in [6, 6.07) is 9.51. The third kappa shape index (κ3) is 6.78. The lowest BCUT2D eigenvalue weighted by molar-refractivity contribution is -0.141. The Bertz CT molecular complexity index is 1660. The van der Waals surface area contributed by atoms with Crippen molar-refractivity contribution in [1.29, 1.82) is 0 Å². The summed E-state index contributed by atoms with van der Waals surface area (Å²) in [5, 5.41) is 3.34. The third-order valence-electron chi connectivity index (χ3n) is 6.12. The predicted octanol–water partition coefficient (Wildman–Crippen LogP) is 6.02. The molecule has 2 aromatic carbocycles. The van der Waals surface area contributed by atoms with Crippen molar-refractivity contribution >= 4 is 17.4 Å². The highest BCUT2D eigenvalue weighted by atomic mass is 19.4. The van der Waals surface area contributed by atoms with E-state index in [1.165, 1.54) is 18.3 Å². The number of nitrogens with two attached hydrogens (primary N) is 1. The first-order valence-corrected chi connectivity index (χ1v) is 11.9. The zero-order valence-electron chi connectivity index (χ0n) is 20.9. The number of benzene rings is 2. The maximum Gasteiger partial charge on any atom is 0.425 e. The lowest BCUT2D eigenvalue weighted by atomic mass is 9.86. The van der Waals surface area contributed by atoms with Crippen molar-refractivity contribution in [2.24, 2.45) is 5.73 Å². The molecule has 0 unspecified atom stereocenters. The quantitative estimate of drug-likeness (QED) is 0.197. The molecule has 4 rings (SSSR count). The predicted molar refractivity (Wildman–Crippen MR) is 134 cm³/mol. The van der Waals surface area contributed by atoms with Gasteiger partial charge in [0, 0.05) is 36.4 Å². The number of amides is 1. The summed E-state index contributed by atoms with van der Waals surface area (Å²) in [7, 11) is 0. The maximum atomic E-state index is 14.1. The molecule has 2 aromatic heterocycles. The smallest absolute Gasteiger partial charge is 0.366 e. The maximum absolute atomic E-state index is 14.1. The van der Waals surface area contributed by atoms with E-state index >= 15 is 0 Å². The van der Waals surface area contributed by atoms with Crippen molar-refractivity contribution in [1.82, 2.24) is 14.8 Å². The number of primary amides is 1. The minimum atomic E-state index is -4.90. The van der Waals surface area contributed by atoms with E-state index in [1.807, 2.05) is 0 Å². The van der Waals surface area contributed by atoms with Gasteiger partial charge in [0.1, 0.15) is 17.5 Å². The zero-order chi connectivity index (χ0) is 29.9. The number of hydrogen-bond acceptors (Lipinski definition) is 4. The minimum Gasteiger partial charge on any atom is -0.366 e. The first-order chi connectivity index (χ1) is 19.3. The van der Waals surface area contributed by atoms with Crippen molar-refractivity contribution in [3.8, 4) is 11.1 Å². The third-order valence-corrected chi connectivity index (χ3v) is 6.12. The van der Waals surface area contributed by atoms with E-state index in [-0.39, 0.29) is 24.1 Å². The largest absolute Gasteiger partial charge is 0.425 e. The second kappa shape index (κ2) is 11.6. The number of alkyl halides is 3. The SMILES string of the molecule is [C-]#[N+]c1cn(CC(=O)C[C@@H](Cc2cc(F)cc(F)c2)c2ncccc2-c2ccc(F)c(C(N)=O)c2)nc1C(F)(F)F. The van der Waals surface area contributed by atoms with Crippen LogP contribution in [0.15, 0.2) is 60.9 Å². The van der Waals surface area contributed by atoms with Gasteiger partial charge in [0.05, 0.1) is 24.4 Å². The van der Waals surface area contributed by atoms with Gasteiger partial charge in [0.25, 0.3) is 5.91 Å². The van der Waals surface area contributed by atoms with E-state index in [4.69, 9.17) is 12.3 Å². The molecule has 0 spiro atoms. The van der Waals surface area contributed by atoms with Crippen LogP contribution < -0.4 is 5.73 Å². The van der Waals surface area contributed by atoms with Crippen LogP contribution in [0.2, 0.25) is 0 Å². The number of Topliss-reactive ketones (excluding diaryl/α,β-unsaturated/α-hetero) is 1. The molecule has 1 amide bonds. The average Bonchev–Trinajstić information content (AvgIpc) is 3.31. The number of carbonyl (C=O) groups is 2. The Morgan fingerprint density at radius 3 is 2.37 bits per heavy atom. The molecule has 4 aromatic rings. The van der Waals surface area contributed by atoms with E-state index < -0.39 is 64.7 Å². The summed E-state index contributed by atoms with van der Waals surface area (Å²) < 4.78 is 82.4. The van der Waals surface area contributed by atoms with E-state index in [0.29, 0.717) is 21.9 Å². The van der Waals surface area contributed by atoms with Gasteiger partial charge in [0.15, 0.2) is 11.5 Å². The fraction of sp³-hybridized carbons (Fsp3) is 0.179. The summed E-state index contributed by atoms with van der Waals surface area (Å²) >= 11 is 0. The molecular weight excluding hydrogens is 552 g/mol. The highest BCUT2D eigenvalue weighted by molar-refractivity contribution is 5.94. The second-order valence-corrected chi connectivity index (χ2v) is 9.09. The van der Waals surface area contributed by atoms with E-state index in [9.17, 15) is 35.9 Å². The van der Waals surface area contributed by atoms with Gasteiger partial charge in [-0.25, -0.2) is 18.0 Å². The molecule has 13 heteroatoms. The lowest BCUT2D eigenvalue weighted by Crippen LogP contribution is -2.18. The Balaban J connectivity index is 1.73. The molecule has 0 saturated carbocycles. The van der Waals surface area contributed by atoms with Gasteiger partial charge >= 0.3 is 6.18 Å². The Morgan fingerprint density at radius 2 is 1.76 bits per heavy atom. The van der Waals surface area contributed by atoms with Crippen molar-refractivity contribution in [2.75, 3.05) is 0 Å². The summed E-state index contributed by atoms with van der Waals surface area (Å²) in [6.45, 7) is 6.34. The number of halogens is 6. The topological polar surface area (TPSA) is 95.2 Å². The molecule has 0 fully saturated rings. The number of aromatic nitrogens is 3. The van der Waals surface area contributed by atoms with Crippen LogP contribution in [0.3, 0.4) is 0 Å². The Morgan fingerprint density at radius 1 is 1.05 bits per heavy atom. The lowest BCUT2D eigenvalue weighted by Gasteiger charge is -2.20. The highest BCUT2D eigenvalue weighted by Gasteiger charge is 2.37. The molecule has 2 N–H and O–H groups in total. The van der Waals surface area contributed by atoms with Gasteiger partial charge in [0.2, 0.25) is 5.69 Å². The van der Waals surface area contributed by atoms with Crippen LogP contribution in [0, 0.1) is 24.0 Å². The molecule has 0 saturated heterocycles. The fourth-order valence-corrected chi connectivity index (χ4v) is 4.44. The van der Waals surface area contributed by atoms with Crippen LogP contribution in [0.5, 0.6) is 0 Å². The van der Waals surface area contributed by atoms with Crippen LogP contribution in [-0.2, 0) is 23.9 Å².